The van der Waals surface area contributed by atoms with E-state index in [9.17, 15) is 5.11 Å². The van der Waals surface area contributed by atoms with Crippen molar-refractivity contribution in [1.29, 1.82) is 0 Å². The lowest BCUT2D eigenvalue weighted by molar-refractivity contribution is 0.461. The van der Waals surface area contributed by atoms with Gasteiger partial charge >= 0.3 is 0 Å². The number of benzene rings is 2. The molecule has 0 saturated carbocycles. The topological polar surface area (TPSA) is 20.2 Å². The van der Waals surface area contributed by atoms with Crippen molar-refractivity contribution in [2.75, 3.05) is 5.38 Å². The lowest BCUT2D eigenvalue weighted by atomic mass is 10.1. The molecule has 0 heterocycles. The van der Waals surface area contributed by atoms with Crippen LogP contribution < -0.4 is 5.19 Å². The Morgan fingerprint density at radius 2 is 1.29 bits per heavy atom. The van der Waals surface area contributed by atoms with Gasteiger partial charge in [-0.1, -0.05) is 90.9 Å². The van der Waals surface area contributed by atoms with Crippen LogP contribution in [0.1, 0.15) is 66.5 Å². The SMILES string of the molecule is CCc1cc(SC[Si](c2ccccc2)(C(C)(C)C)C(C)(C)C)cc(CC)c1O. The molecule has 0 aromatic heterocycles. The summed E-state index contributed by atoms with van der Waals surface area (Å²) in [6.45, 7) is 18.8. The van der Waals surface area contributed by atoms with Gasteiger partial charge in [-0.15, -0.1) is 11.8 Å². The zero-order valence-corrected chi connectivity index (χ0v) is 20.8. The first kappa shape index (κ1) is 23.1. The van der Waals surface area contributed by atoms with Gasteiger partial charge in [0.25, 0.3) is 0 Å². The lowest BCUT2D eigenvalue weighted by Crippen LogP contribution is -2.63. The fourth-order valence-corrected chi connectivity index (χ4v) is 15.6. The second kappa shape index (κ2) is 8.67. The summed E-state index contributed by atoms with van der Waals surface area (Å²) in [4.78, 5) is 1.30. The molecule has 0 radical (unpaired) electrons. The molecule has 0 spiro atoms. The van der Waals surface area contributed by atoms with Crippen molar-refractivity contribution in [2.45, 2.75) is 83.2 Å². The molecular formula is C25H38OSSi. The Kier molecular flexibility index (Phi) is 7.15. The summed E-state index contributed by atoms with van der Waals surface area (Å²) in [5, 5.41) is 13.6. The highest BCUT2D eigenvalue weighted by atomic mass is 32.2. The molecule has 0 amide bonds. The van der Waals surface area contributed by atoms with Crippen LogP contribution in [0.25, 0.3) is 0 Å². The summed E-state index contributed by atoms with van der Waals surface area (Å²) in [5.74, 6) is 0.493. The van der Waals surface area contributed by atoms with E-state index in [4.69, 9.17) is 0 Å². The van der Waals surface area contributed by atoms with Crippen molar-refractivity contribution >= 4 is 25.0 Å². The van der Waals surface area contributed by atoms with Gasteiger partial charge in [-0.25, -0.2) is 0 Å². The standard InChI is InChI=1S/C25H38OSSi/c1-9-19-16-21(17-20(10-2)23(19)26)27-18-28(24(3,4)5,25(6,7)8)22-14-12-11-13-15-22/h11-17,26H,9-10,18H2,1-8H3. The Hall–Kier alpha value is -1.19. The maximum absolute atomic E-state index is 10.5. The van der Waals surface area contributed by atoms with Crippen LogP contribution in [0.15, 0.2) is 47.4 Å². The van der Waals surface area contributed by atoms with Gasteiger partial charge in [0.1, 0.15) is 13.8 Å². The summed E-state index contributed by atoms with van der Waals surface area (Å²) in [6.07, 6.45) is 1.74. The minimum absolute atomic E-state index is 0.234. The summed E-state index contributed by atoms with van der Waals surface area (Å²) < 4.78 is 0. The van der Waals surface area contributed by atoms with Crippen LogP contribution >= 0.6 is 11.8 Å². The van der Waals surface area contributed by atoms with E-state index in [2.05, 4.69) is 97.9 Å². The molecule has 2 aromatic rings. The average molecular weight is 415 g/mol. The molecule has 1 N–H and O–H groups in total. The van der Waals surface area contributed by atoms with Crippen molar-refractivity contribution in [3.8, 4) is 5.75 Å². The molecule has 0 unspecified atom stereocenters. The average Bonchev–Trinajstić information content (AvgIpc) is 2.61. The van der Waals surface area contributed by atoms with Gasteiger partial charge in [-0.3, -0.25) is 0 Å². The van der Waals surface area contributed by atoms with Crippen molar-refractivity contribution in [3.63, 3.8) is 0 Å². The molecule has 0 bridgehead atoms. The molecule has 0 aliphatic rings. The Balaban J connectivity index is 2.54. The summed E-state index contributed by atoms with van der Waals surface area (Å²) >= 11 is 1.99. The van der Waals surface area contributed by atoms with E-state index in [0.29, 0.717) is 5.75 Å². The largest absolute Gasteiger partial charge is 0.507 e. The van der Waals surface area contributed by atoms with Crippen molar-refractivity contribution < 1.29 is 5.11 Å². The molecule has 0 aliphatic carbocycles. The first-order valence-corrected chi connectivity index (χ1v) is 13.7. The maximum atomic E-state index is 10.5. The van der Waals surface area contributed by atoms with Gasteiger partial charge in [0, 0.05) is 4.90 Å². The van der Waals surface area contributed by atoms with Crippen molar-refractivity contribution in [2.24, 2.45) is 0 Å². The first-order valence-electron chi connectivity index (χ1n) is 10.5. The quantitative estimate of drug-likeness (QED) is 0.401. The minimum Gasteiger partial charge on any atom is -0.507 e. The van der Waals surface area contributed by atoms with Gasteiger partial charge in [0.05, 0.1) is 0 Å². The zero-order chi connectivity index (χ0) is 21.2. The number of phenolic OH excluding ortho intramolecular Hbond substituents is 1. The van der Waals surface area contributed by atoms with Crippen molar-refractivity contribution in [1.82, 2.24) is 0 Å². The fourth-order valence-electron chi connectivity index (χ4n) is 4.77. The minimum atomic E-state index is -1.93. The van der Waals surface area contributed by atoms with Gasteiger partial charge in [0.15, 0.2) is 0 Å². The second-order valence-electron chi connectivity index (χ2n) is 9.86. The maximum Gasteiger partial charge on any atom is 0.122 e. The molecule has 2 rings (SSSR count). The van der Waals surface area contributed by atoms with E-state index in [1.54, 1.807) is 5.19 Å². The Morgan fingerprint density at radius 1 is 0.821 bits per heavy atom. The highest BCUT2D eigenvalue weighted by Gasteiger charge is 2.53. The van der Waals surface area contributed by atoms with E-state index in [1.807, 2.05) is 11.8 Å². The van der Waals surface area contributed by atoms with E-state index in [1.165, 1.54) is 4.90 Å². The Bertz CT molecular complexity index is 745. The molecule has 1 nitrogen and oxygen atoms in total. The molecule has 0 saturated heterocycles. The van der Waals surface area contributed by atoms with Gasteiger partial charge in [0.2, 0.25) is 0 Å². The smallest absolute Gasteiger partial charge is 0.122 e. The number of aromatic hydroxyl groups is 1. The molecule has 0 fully saturated rings. The normalized spacial score (nSPS) is 13.0. The number of rotatable bonds is 6. The summed E-state index contributed by atoms with van der Waals surface area (Å²) in [6, 6.07) is 15.6. The molecule has 3 heteroatoms. The van der Waals surface area contributed by atoms with Crippen LogP contribution in [0.3, 0.4) is 0 Å². The zero-order valence-electron chi connectivity index (χ0n) is 19.0. The first-order chi connectivity index (χ1) is 13.0. The molecule has 2 aromatic carbocycles. The molecule has 28 heavy (non-hydrogen) atoms. The van der Waals surface area contributed by atoms with Crippen molar-refractivity contribution in [3.05, 3.63) is 53.6 Å². The van der Waals surface area contributed by atoms with Crippen LogP contribution in [-0.4, -0.2) is 18.6 Å². The highest BCUT2D eigenvalue weighted by Crippen LogP contribution is 2.52. The number of thioether (sulfide) groups is 1. The number of hydrogen-bond donors (Lipinski definition) is 1. The predicted molar refractivity (Wildman–Crippen MR) is 129 cm³/mol. The molecule has 0 atom stereocenters. The van der Waals surface area contributed by atoms with Gasteiger partial charge < -0.3 is 5.11 Å². The molecular weight excluding hydrogens is 376 g/mol. The van der Waals surface area contributed by atoms with Crippen LogP contribution in [0.2, 0.25) is 10.1 Å². The number of hydrogen-bond acceptors (Lipinski definition) is 2. The van der Waals surface area contributed by atoms with Crippen LogP contribution in [0, 0.1) is 0 Å². The van der Waals surface area contributed by atoms with E-state index in [0.717, 1.165) is 29.3 Å². The third-order valence-corrected chi connectivity index (χ3v) is 15.6. The third-order valence-electron chi connectivity index (χ3n) is 6.29. The van der Waals surface area contributed by atoms with E-state index >= 15 is 0 Å². The number of aryl methyl sites for hydroxylation is 2. The molecule has 0 aliphatic heterocycles. The summed E-state index contributed by atoms with van der Waals surface area (Å²) in [7, 11) is -1.93. The second-order valence-corrected chi connectivity index (χ2v) is 17.2. The van der Waals surface area contributed by atoms with Crippen LogP contribution in [-0.2, 0) is 12.8 Å². The van der Waals surface area contributed by atoms with Crippen LogP contribution in [0.4, 0.5) is 0 Å². The van der Waals surface area contributed by atoms with E-state index in [-0.39, 0.29) is 10.1 Å². The van der Waals surface area contributed by atoms with E-state index < -0.39 is 8.07 Å². The lowest BCUT2D eigenvalue weighted by Gasteiger charge is -2.52. The summed E-state index contributed by atoms with van der Waals surface area (Å²) in [5.41, 5.74) is 2.14. The van der Waals surface area contributed by atoms with Gasteiger partial charge in [-0.2, -0.15) is 0 Å². The monoisotopic (exact) mass is 414 g/mol. The molecule has 154 valence electrons. The third kappa shape index (κ3) is 4.36. The fraction of sp³-hybridized carbons (Fsp3) is 0.520. The Labute approximate surface area is 178 Å². The predicted octanol–water partition coefficient (Wildman–Crippen LogP) is 7.10. The van der Waals surface area contributed by atoms with Crippen LogP contribution in [0.5, 0.6) is 5.75 Å². The Morgan fingerprint density at radius 3 is 1.68 bits per heavy atom. The van der Waals surface area contributed by atoms with Gasteiger partial charge in [-0.05, 0) is 51.6 Å². The number of phenols is 1. The highest BCUT2D eigenvalue weighted by molar-refractivity contribution is 8.01.